The normalized spacial score (nSPS) is 27.0. The van der Waals surface area contributed by atoms with Crippen LogP contribution in [0, 0.1) is 18.3 Å². The third-order valence-electron chi connectivity index (χ3n) is 3.98. The zero-order valence-corrected chi connectivity index (χ0v) is 11.2. The topological polar surface area (TPSA) is 39.9 Å². The van der Waals surface area contributed by atoms with E-state index >= 15 is 0 Å². The van der Waals surface area contributed by atoms with E-state index in [1.807, 2.05) is 0 Å². The van der Waals surface area contributed by atoms with Crippen molar-refractivity contribution in [3.63, 3.8) is 0 Å². The fraction of sp³-hybridized carbons (Fsp3) is 0.692. The van der Waals surface area contributed by atoms with Crippen LogP contribution in [-0.2, 0) is 5.41 Å². The first-order valence-corrected chi connectivity index (χ1v) is 7.04. The fourth-order valence-electron chi connectivity index (χ4n) is 2.65. The van der Waals surface area contributed by atoms with E-state index in [9.17, 15) is 5.26 Å². The maximum absolute atomic E-state index is 9.23. The van der Waals surface area contributed by atoms with Gasteiger partial charge in [0.05, 0.1) is 11.8 Å². The highest BCUT2D eigenvalue weighted by Gasteiger charge is 2.48. The minimum atomic E-state index is -0.210. The molecule has 2 aliphatic rings. The molecule has 0 aromatic carbocycles. The molecule has 0 amide bonds. The lowest BCUT2D eigenvalue weighted by atomic mass is 10.0. The van der Waals surface area contributed by atoms with Crippen molar-refractivity contribution in [2.45, 2.75) is 37.5 Å². The predicted molar refractivity (Wildman–Crippen MR) is 68.2 cm³/mol. The summed E-state index contributed by atoms with van der Waals surface area (Å²) in [5.41, 5.74) is 1.05. The summed E-state index contributed by atoms with van der Waals surface area (Å²) in [6, 6.07) is 2.45. The number of aromatic nitrogens is 1. The van der Waals surface area contributed by atoms with Gasteiger partial charge in [0.2, 0.25) is 0 Å². The second kappa shape index (κ2) is 3.79. The summed E-state index contributed by atoms with van der Waals surface area (Å²) in [5.74, 6) is 0.583. The average molecular weight is 247 g/mol. The van der Waals surface area contributed by atoms with Gasteiger partial charge in [0.15, 0.2) is 0 Å². The molecule has 1 unspecified atom stereocenters. The van der Waals surface area contributed by atoms with E-state index in [4.69, 9.17) is 4.98 Å². The molecular weight excluding hydrogens is 230 g/mol. The number of thiazole rings is 1. The average Bonchev–Trinajstić information content (AvgIpc) is 2.85. The van der Waals surface area contributed by atoms with E-state index in [2.05, 4.69) is 24.9 Å². The maximum atomic E-state index is 9.23. The minimum Gasteiger partial charge on any atom is -0.306 e. The van der Waals surface area contributed by atoms with Crippen molar-refractivity contribution in [2.75, 3.05) is 20.1 Å². The number of nitrogens with zero attached hydrogens (tertiary/aromatic N) is 3. The lowest BCUT2D eigenvalue weighted by molar-refractivity contribution is 0.410. The van der Waals surface area contributed by atoms with Gasteiger partial charge >= 0.3 is 0 Å². The summed E-state index contributed by atoms with van der Waals surface area (Å²) >= 11 is 1.74. The molecule has 2 fully saturated rings. The van der Waals surface area contributed by atoms with Crippen molar-refractivity contribution in [3.8, 4) is 6.07 Å². The van der Waals surface area contributed by atoms with Crippen molar-refractivity contribution in [1.29, 1.82) is 5.26 Å². The Balaban J connectivity index is 1.89. The molecule has 2 heterocycles. The van der Waals surface area contributed by atoms with Crippen LogP contribution in [0.2, 0.25) is 0 Å². The standard InChI is InChI=1S/C13H17N3S/c1-9-11(10-3-6-16(2)7-10)15-12(17-9)13(8-14)4-5-13/h10H,3-7H2,1-2H3. The third-order valence-corrected chi connectivity index (χ3v) is 5.17. The van der Waals surface area contributed by atoms with Crippen LogP contribution in [0.3, 0.4) is 0 Å². The highest BCUT2D eigenvalue weighted by Crippen LogP contribution is 2.50. The second-order valence-corrected chi connectivity index (χ2v) is 6.61. The van der Waals surface area contributed by atoms with E-state index < -0.39 is 0 Å². The molecule has 0 N–H and O–H groups in total. The summed E-state index contributed by atoms with van der Waals surface area (Å²) in [6.45, 7) is 4.44. The van der Waals surface area contributed by atoms with Crippen molar-refractivity contribution < 1.29 is 0 Å². The van der Waals surface area contributed by atoms with Gasteiger partial charge < -0.3 is 4.90 Å². The molecule has 0 bridgehead atoms. The van der Waals surface area contributed by atoms with Gasteiger partial charge in [0.1, 0.15) is 10.4 Å². The molecule has 1 aliphatic heterocycles. The van der Waals surface area contributed by atoms with Gasteiger partial charge in [-0.2, -0.15) is 5.26 Å². The Labute approximate surface area is 106 Å². The second-order valence-electron chi connectivity index (χ2n) is 5.40. The van der Waals surface area contributed by atoms with Crippen LogP contribution in [0.5, 0.6) is 0 Å². The molecule has 0 radical (unpaired) electrons. The Hall–Kier alpha value is -0.920. The van der Waals surface area contributed by atoms with E-state index in [1.54, 1.807) is 11.3 Å². The number of hydrogen-bond acceptors (Lipinski definition) is 4. The Morgan fingerprint density at radius 2 is 2.29 bits per heavy atom. The molecule has 1 aromatic rings. The van der Waals surface area contributed by atoms with Gasteiger partial charge in [-0.05, 0) is 39.8 Å². The molecule has 1 saturated heterocycles. The Bertz CT molecular complexity index is 481. The van der Waals surface area contributed by atoms with E-state index in [-0.39, 0.29) is 5.41 Å². The molecule has 1 aliphatic carbocycles. The van der Waals surface area contributed by atoms with Crippen LogP contribution in [0.4, 0.5) is 0 Å². The zero-order valence-electron chi connectivity index (χ0n) is 10.4. The number of rotatable bonds is 2. The summed E-state index contributed by atoms with van der Waals surface area (Å²) in [4.78, 5) is 8.48. The predicted octanol–water partition coefficient (Wildman–Crippen LogP) is 2.43. The molecule has 0 spiro atoms. The molecule has 1 aromatic heterocycles. The number of hydrogen-bond donors (Lipinski definition) is 0. The molecule has 4 heteroatoms. The summed E-state index contributed by atoms with van der Waals surface area (Å²) in [6.07, 6.45) is 3.21. The molecular formula is C13H17N3S. The molecule has 3 nitrogen and oxygen atoms in total. The molecule has 3 rings (SSSR count). The molecule has 90 valence electrons. The quantitative estimate of drug-likeness (QED) is 0.806. The number of likely N-dealkylation sites (N-methyl/N-ethyl adjacent to an activating group) is 1. The first-order valence-electron chi connectivity index (χ1n) is 6.22. The van der Waals surface area contributed by atoms with Gasteiger partial charge in [-0.15, -0.1) is 11.3 Å². The Morgan fingerprint density at radius 3 is 2.82 bits per heavy atom. The third kappa shape index (κ3) is 1.78. The Kier molecular flexibility index (Phi) is 2.49. The lowest BCUT2D eigenvalue weighted by Gasteiger charge is -2.08. The Morgan fingerprint density at radius 1 is 1.53 bits per heavy atom. The van der Waals surface area contributed by atoms with Gasteiger partial charge in [-0.1, -0.05) is 0 Å². The van der Waals surface area contributed by atoms with Gasteiger partial charge in [-0.25, -0.2) is 4.98 Å². The van der Waals surface area contributed by atoms with Crippen molar-refractivity contribution >= 4 is 11.3 Å². The van der Waals surface area contributed by atoms with Crippen LogP contribution >= 0.6 is 11.3 Å². The van der Waals surface area contributed by atoms with E-state index in [0.717, 1.165) is 24.4 Å². The summed E-state index contributed by atoms with van der Waals surface area (Å²) in [5, 5.41) is 10.3. The molecule has 1 atom stereocenters. The first-order chi connectivity index (χ1) is 8.14. The summed E-state index contributed by atoms with van der Waals surface area (Å²) < 4.78 is 0. The minimum absolute atomic E-state index is 0.210. The number of aryl methyl sites for hydroxylation is 1. The van der Waals surface area contributed by atoms with Crippen LogP contribution in [0.15, 0.2) is 0 Å². The summed E-state index contributed by atoms with van der Waals surface area (Å²) in [7, 11) is 2.17. The molecule has 17 heavy (non-hydrogen) atoms. The smallest absolute Gasteiger partial charge is 0.113 e. The maximum Gasteiger partial charge on any atom is 0.113 e. The fourth-order valence-corrected chi connectivity index (χ4v) is 3.84. The largest absolute Gasteiger partial charge is 0.306 e. The molecule has 1 saturated carbocycles. The highest BCUT2D eigenvalue weighted by atomic mass is 32.1. The lowest BCUT2D eigenvalue weighted by Crippen LogP contribution is -2.14. The number of likely N-dealkylation sites (tertiary alicyclic amines) is 1. The first kappa shape index (κ1) is 11.2. The van der Waals surface area contributed by atoms with Crippen LogP contribution in [0.25, 0.3) is 0 Å². The van der Waals surface area contributed by atoms with Crippen molar-refractivity contribution in [1.82, 2.24) is 9.88 Å². The van der Waals surface area contributed by atoms with Gasteiger partial charge in [-0.3, -0.25) is 0 Å². The van der Waals surface area contributed by atoms with Crippen LogP contribution < -0.4 is 0 Å². The van der Waals surface area contributed by atoms with Gasteiger partial charge in [0.25, 0.3) is 0 Å². The van der Waals surface area contributed by atoms with Crippen molar-refractivity contribution in [3.05, 3.63) is 15.6 Å². The number of nitriles is 1. The van der Waals surface area contributed by atoms with E-state index in [0.29, 0.717) is 5.92 Å². The zero-order chi connectivity index (χ0) is 12.0. The van der Waals surface area contributed by atoms with Crippen LogP contribution in [-0.4, -0.2) is 30.0 Å². The van der Waals surface area contributed by atoms with E-state index in [1.165, 1.54) is 23.5 Å². The van der Waals surface area contributed by atoms with Crippen LogP contribution in [0.1, 0.15) is 40.8 Å². The highest BCUT2D eigenvalue weighted by molar-refractivity contribution is 7.11. The van der Waals surface area contributed by atoms with Gasteiger partial charge in [0, 0.05) is 17.3 Å². The SMILES string of the molecule is Cc1sc(C2(C#N)CC2)nc1C1CCN(C)C1. The van der Waals surface area contributed by atoms with Crippen molar-refractivity contribution in [2.24, 2.45) is 0 Å². The monoisotopic (exact) mass is 247 g/mol.